The molecule has 0 aromatic heterocycles. The molecule has 1 aliphatic heterocycles. The molecule has 112 valence electrons. The smallest absolute Gasteiger partial charge is 0.163 e. The van der Waals surface area contributed by atoms with Gasteiger partial charge < -0.3 is 4.74 Å². The summed E-state index contributed by atoms with van der Waals surface area (Å²) in [5.74, 6) is -1.51. The number of ether oxygens (including phenoxy) is 1. The van der Waals surface area contributed by atoms with E-state index in [0.29, 0.717) is 12.1 Å². The molecular weight excluding hydrogens is 260 g/mol. The van der Waals surface area contributed by atoms with Crippen molar-refractivity contribution in [3.63, 3.8) is 0 Å². The first-order valence-electron chi connectivity index (χ1n) is 7.36. The van der Waals surface area contributed by atoms with Crippen LogP contribution in [-0.2, 0) is 11.3 Å². The molecule has 1 saturated heterocycles. The van der Waals surface area contributed by atoms with E-state index < -0.39 is 11.6 Å². The number of rotatable bonds is 5. The van der Waals surface area contributed by atoms with Crippen LogP contribution in [0, 0.1) is 11.6 Å². The van der Waals surface area contributed by atoms with Crippen LogP contribution in [0.3, 0.4) is 0 Å². The van der Waals surface area contributed by atoms with Crippen molar-refractivity contribution in [1.82, 2.24) is 4.90 Å². The van der Waals surface area contributed by atoms with Crippen LogP contribution < -0.4 is 0 Å². The summed E-state index contributed by atoms with van der Waals surface area (Å²) in [6.45, 7) is 6.14. The van der Waals surface area contributed by atoms with Gasteiger partial charge in [0.05, 0.1) is 6.10 Å². The minimum atomic E-state index is -0.778. The summed E-state index contributed by atoms with van der Waals surface area (Å²) in [7, 11) is 0. The summed E-state index contributed by atoms with van der Waals surface area (Å²) < 4.78 is 32.8. The number of benzene rings is 1. The predicted octanol–water partition coefficient (Wildman–Crippen LogP) is 3.74. The molecule has 1 aromatic rings. The molecule has 0 aliphatic carbocycles. The van der Waals surface area contributed by atoms with Crippen LogP contribution in [0.25, 0.3) is 0 Å². The molecule has 2 rings (SSSR count). The molecule has 0 amide bonds. The Hall–Kier alpha value is -1.00. The molecular formula is C16H23F2NO. The molecule has 1 heterocycles. The third-order valence-corrected chi connectivity index (χ3v) is 3.85. The van der Waals surface area contributed by atoms with Crippen molar-refractivity contribution >= 4 is 0 Å². The minimum Gasteiger partial charge on any atom is -0.377 e. The Balaban J connectivity index is 2.03. The van der Waals surface area contributed by atoms with Crippen molar-refractivity contribution in [2.75, 3.05) is 13.2 Å². The van der Waals surface area contributed by atoms with Gasteiger partial charge in [-0.1, -0.05) is 12.1 Å². The van der Waals surface area contributed by atoms with Gasteiger partial charge in [0, 0.05) is 31.3 Å². The van der Waals surface area contributed by atoms with Crippen molar-refractivity contribution in [2.45, 2.75) is 51.8 Å². The van der Waals surface area contributed by atoms with E-state index in [1.54, 1.807) is 12.1 Å². The second-order valence-electron chi connectivity index (χ2n) is 5.72. The van der Waals surface area contributed by atoms with Crippen LogP contribution in [0.2, 0.25) is 0 Å². The fraction of sp³-hybridized carbons (Fsp3) is 0.625. The van der Waals surface area contributed by atoms with Gasteiger partial charge >= 0.3 is 0 Å². The molecule has 0 bridgehead atoms. The average molecular weight is 283 g/mol. The maximum absolute atomic E-state index is 13.8. The monoisotopic (exact) mass is 283 g/mol. The average Bonchev–Trinajstić information content (AvgIpc) is 2.44. The Morgan fingerprint density at radius 1 is 1.30 bits per heavy atom. The number of halogens is 2. The zero-order valence-corrected chi connectivity index (χ0v) is 12.2. The van der Waals surface area contributed by atoms with E-state index in [2.05, 4.69) is 18.7 Å². The quantitative estimate of drug-likeness (QED) is 0.816. The second-order valence-corrected chi connectivity index (χ2v) is 5.72. The first kappa shape index (κ1) is 15.4. The summed E-state index contributed by atoms with van der Waals surface area (Å²) in [5, 5.41) is 0. The van der Waals surface area contributed by atoms with Crippen LogP contribution >= 0.6 is 0 Å². The van der Waals surface area contributed by atoms with Gasteiger partial charge in [0.2, 0.25) is 0 Å². The highest BCUT2D eigenvalue weighted by molar-refractivity contribution is 5.18. The van der Waals surface area contributed by atoms with Crippen LogP contribution in [-0.4, -0.2) is 30.2 Å². The molecule has 20 heavy (non-hydrogen) atoms. The van der Waals surface area contributed by atoms with Crippen LogP contribution in [0.5, 0.6) is 0 Å². The van der Waals surface area contributed by atoms with Crippen molar-refractivity contribution in [3.8, 4) is 0 Å². The van der Waals surface area contributed by atoms with Gasteiger partial charge in [-0.3, -0.25) is 4.90 Å². The Morgan fingerprint density at radius 3 is 2.75 bits per heavy atom. The van der Waals surface area contributed by atoms with Crippen LogP contribution in [0.15, 0.2) is 18.2 Å². The third-order valence-electron chi connectivity index (χ3n) is 3.85. The number of hydrogen-bond donors (Lipinski definition) is 0. The van der Waals surface area contributed by atoms with Gasteiger partial charge in [-0.2, -0.15) is 0 Å². The lowest BCUT2D eigenvalue weighted by atomic mass is 10.1. The lowest BCUT2D eigenvalue weighted by Crippen LogP contribution is -2.39. The van der Waals surface area contributed by atoms with Gasteiger partial charge in [-0.25, -0.2) is 8.78 Å². The SMILES string of the molecule is CC(C)N(Cc1cccc(F)c1F)C[C@H]1CCCCO1. The first-order chi connectivity index (χ1) is 9.58. The van der Waals surface area contributed by atoms with E-state index in [-0.39, 0.29) is 12.1 Å². The Kier molecular flexibility index (Phi) is 5.49. The second kappa shape index (κ2) is 7.14. The highest BCUT2D eigenvalue weighted by atomic mass is 19.2. The van der Waals surface area contributed by atoms with E-state index in [1.807, 2.05) is 0 Å². The van der Waals surface area contributed by atoms with E-state index >= 15 is 0 Å². The maximum Gasteiger partial charge on any atom is 0.163 e. The molecule has 1 aliphatic rings. The van der Waals surface area contributed by atoms with Crippen LogP contribution in [0.4, 0.5) is 8.78 Å². The Labute approximate surface area is 119 Å². The van der Waals surface area contributed by atoms with E-state index in [1.165, 1.54) is 6.42 Å². The minimum absolute atomic E-state index is 0.211. The fourth-order valence-corrected chi connectivity index (χ4v) is 2.56. The normalized spacial score (nSPS) is 19.8. The Morgan fingerprint density at radius 2 is 2.10 bits per heavy atom. The fourth-order valence-electron chi connectivity index (χ4n) is 2.56. The molecule has 0 unspecified atom stereocenters. The molecule has 0 spiro atoms. The molecule has 0 N–H and O–H groups in total. The molecule has 0 saturated carbocycles. The largest absolute Gasteiger partial charge is 0.377 e. The molecule has 1 aromatic carbocycles. The summed E-state index contributed by atoms with van der Waals surface area (Å²) in [6, 6.07) is 4.63. The summed E-state index contributed by atoms with van der Waals surface area (Å²) in [6.07, 6.45) is 3.57. The first-order valence-corrected chi connectivity index (χ1v) is 7.36. The van der Waals surface area contributed by atoms with Gasteiger partial charge in [-0.15, -0.1) is 0 Å². The van der Waals surface area contributed by atoms with Crippen LogP contribution in [0.1, 0.15) is 38.7 Å². The zero-order valence-electron chi connectivity index (χ0n) is 12.2. The van der Waals surface area contributed by atoms with E-state index in [9.17, 15) is 8.78 Å². The zero-order chi connectivity index (χ0) is 14.5. The number of hydrogen-bond acceptors (Lipinski definition) is 2. The summed E-state index contributed by atoms with van der Waals surface area (Å²) in [4.78, 5) is 2.15. The van der Waals surface area contributed by atoms with Gasteiger partial charge in [0.25, 0.3) is 0 Å². The standard InChI is InChI=1S/C16H23F2NO/c1-12(2)19(11-14-7-3-4-9-20-14)10-13-6-5-8-15(17)16(13)18/h5-6,8,12,14H,3-4,7,9-11H2,1-2H3/t14-/m1/s1. The highest BCUT2D eigenvalue weighted by Crippen LogP contribution is 2.19. The topological polar surface area (TPSA) is 12.5 Å². The lowest BCUT2D eigenvalue weighted by molar-refractivity contribution is -0.0131. The van der Waals surface area contributed by atoms with Gasteiger partial charge in [0.1, 0.15) is 0 Å². The lowest BCUT2D eigenvalue weighted by Gasteiger charge is -2.32. The van der Waals surface area contributed by atoms with Crippen molar-refractivity contribution in [1.29, 1.82) is 0 Å². The van der Waals surface area contributed by atoms with Gasteiger partial charge in [-0.05, 0) is 39.2 Å². The van der Waals surface area contributed by atoms with E-state index in [4.69, 9.17) is 4.74 Å². The van der Waals surface area contributed by atoms with Gasteiger partial charge in [0.15, 0.2) is 11.6 Å². The molecule has 2 nitrogen and oxygen atoms in total. The molecule has 0 radical (unpaired) electrons. The van der Waals surface area contributed by atoms with Crippen molar-refractivity contribution in [3.05, 3.63) is 35.4 Å². The summed E-state index contributed by atoms with van der Waals surface area (Å²) >= 11 is 0. The molecule has 1 fully saturated rings. The van der Waals surface area contributed by atoms with Crippen molar-refractivity contribution in [2.24, 2.45) is 0 Å². The van der Waals surface area contributed by atoms with Crippen molar-refractivity contribution < 1.29 is 13.5 Å². The third kappa shape index (κ3) is 4.00. The van der Waals surface area contributed by atoms with E-state index in [0.717, 1.165) is 32.1 Å². The predicted molar refractivity (Wildman–Crippen MR) is 75.5 cm³/mol. The summed E-state index contributed by atoms with van der Waals surface area (Å²) in [5.41, 5.74) is 0.412. The Bertz CT molecular complexity index is 430. The molecule has 1 atom stereocenters. The maximum atomic E-state index is 13.8. The number of nitrogens with zero attached hydrogens (tertiary/aromatic N) is 1. The molecule has 4 heteroatoms. The highest BCUT2D eigenvalue weighted by Gasteiger charge is 2.21.